The molecule has 1 N–H and O–H groups in total. The lowest BCUT2D eigenvalue weighted by Gasteiger charge is -2.42. The van der Waals surface area contributed by atoms with Crippen LogP contribution in [0.15, 0.2) is 22.7 Å². The summed E-state index contributed by atoms with van der Waals surface area (Å²) in [5, 5.41) is 10.5. The zero-order valence-corrected chi connectivity index (χ0v) is 15.1. The lowest BCUT2D eigenvalue weighted by molar-refractivity contribution is -0.0127. The average Bonchev–Trinajstić information content (AvgIpc) is 2.37. The Bertz CT molecular complexity index is 484. The van der Waals surface area contributed by atoms with E-state index in [0.717, 1.165) is 29.5 Å². The van der Waals surface area contributed by atoms with E-state index in [1.807, 2.05) is 12.1 Å². The molecule has 0 aromatic heterocycles. The number of rotatable bonds is 4. The summed E-state index contributed by atoms with van der Waals surface area (Å²) in [7, 11) is 1.72. The molecule has 3 unspecified atom stereocenters. The van der Waals surface area contributed by atoms with Crippen LogP contribution < -0.4 is 4.74 Å². The molecule has 0 amide bonds. The van der Waals surface area contributed by atoms with Crippen molar-refractivity contribution in [1.29, 1.82) is 0 Å². The fraction of sp³-hybridized carbons (Fsp3) is 0.667. The fourth-order valence-corrected chi connectivity index (χ4v) is 4.18. The lowest BCUT2D eigenvalue weighted by atomic mass is 9.65. The van der Waals surface area contributed by atoms with Gasteiger partial charge in [-0.2, -0.15) is 0 Å². The molecule has 0 radical (unpaired) electrons. The summed E-state index contributed by atoms with van der Waals surface area (Å²) in [5.74, 6) is 1.94. The van der Waals surface area contributed by atoms with Gasteiger partial charge in [0.15, 0.2) is 0 Å². The van der Waals surface area contributed by atoms with E-state index in [9.17, 15) is 5.11 Å². The summed E-state index contributed by atoms with van der Waals surface area (Å²) in [6.45, 7) is 6.79. The molecule has 1 aromatic rings. The molecule has 1 saturated carbocycles. The summed E-state index contributed by atoms with van der Waals surface area (Å²) in [6.07, 6.45) is 4.02. The molecule has 1 fully saturated rings. The molecule has 1 aliphatic carbocycles. The van der Waals surface area contributed by atoms with E-state index in [1.54, 1.807) is 7.11 Å². The minimum Gasteiger partial charge on any atom is -0.496 e. The van der Waals surface area contributed by atoms with Gasteiger partial charge in [-0.25, -0.2) is 0 Å². The molecule has 1 aromatic carbocycles. The molecule has 3 atom stereocenters. The Morgan fingerprint density at radius 3 is 2.67 bits per heavy atom. The molecular formula is C18H27BrO2. The Balaban J connectivity index is 2.19. The number of aliphatic hydroxyl groups excluding tert-OH is 1. The number of halogens is 1. The van der Waals surface area contributed by atoms with Crippen molar-refractivity contribution in [3.05, 3.63) is 28.2 Å². The zero-order valence-electron chi connectivity index (χ0n) is 13.5. The van der Waals surface area contributed by atoms with E-state index in [2.05, 4.69) is 42.8 Å². The van der Waals surface area contributed by atoms with Crippen molar-refractivity contribution in [2.75, 3.05) is 7.11 Å². The second-order valence-electron chi connectivity index (χ2n) is 7.21. The molecule has 2 nitrogen and oxygen atoms in total. The largest absolute Gasteiger partial charge is 0.496 e. The Kier molecular flexibility index (Phi) is 5.37. The van der Waals surface area contributed by atoms with E-state index < -0.39 is 0 Å². The molecule has 3 heteroatoms. The number of methoxy groups -OCH3 is 1. The van der Waals surface area contributed by atoms with Crippen LogP contribution in [0, 0.1) is 17.3 Å². The number of aliphatic hydroxyl groups is 1. The molecule has 2 rings (SSSR count). The van der Waals surface area contributed by atoms with Crippen molar-refractivity contribution in [2.24, 2.45) is 17.3 Å². The van der Waals surface area contributed by atoms with Crippen LogP contribution in [0.5, 0.6) is 5.75 Å². The minimum atomic E-state index is -0.179. The standard InChI is InChI=1S/C18H27BrO2/c1-12-5-7-15(16(20)9-12)18(2,3)11-13-10-14(19)6-8-17(13)21-4/h6,8,10,12,15-16,20H,5,7,9,11H2,1-4H3. The van der Waals surface area contributed by atoms with Crippen LogP contribution in [-0.2, 0) is 6.42 Å². The highest BCUT2D eigenvalue weighted by molar-refractivity contribution is 9.10. The van der Waals surface area contributed by atoms with Gasteiger partial charge in [-0.3, -0.25) is 0 Å². The smallest absolute Gasteiger partial charge is 0.122 e. The van der Waals surface area contributed by atoms with Gasteiger partial charge in [0.05, 0.1) is 13.2 Å². The van der Waals surface area contributed by atoms with Gasteiger partial charge in [-0.05, 0) is 60.3 Å². The third kappa shape index (κ3) is 4.01. The minimum absolute atomic E-state index is 0.0631. The van der Waals surface area contributed by atoms with Crippen LogP contribution in [0.4, 0.5) is 0 Å². The first kappa shape index (κ1) is 16.8. The predicted octanol–water partition coefficient (Wildman–Crippen LogP) is 4.82. The highest BCUT2D eigenvalue weighted by atomic mass is 79.9. The van der Waals surface area contributed by atoms with E-state index in [1.165, 1.54) is 12.0 Å². The summed E-state index contributed by atoms with van der Waals surface area (Å²) in [6, 6.07) is 6.15. The van der Waals surface area contributed by atoms with Crippen LogP contribution in [0.2, 0.25) is 0 Å². The first-order valence-corrected chi connectivity index (χ1v) is 8.63. The van der Waals surface area contributed by atoms with Gasteiger partial charge < -0.3 is 9.84 Å². The molecule has 0 bridgehead atoms. The van der Waals surface area contributed by atoms with Gasteiger partial charge in [-0.1, -0.05) is 43.1 Å². The third-order valence-corrected chi connectivity index (χ3v) is 5.46. The zero-order chi connectivity index (χ0) is 15.6. The number of hydrogen-bond acceptors (Lipinski definition) is 2. The van der Waals surface area contributed by atoms with E-state index in [0.29, 0.717) is 11.8 Å². The van der Waals surface area contributed by atoms with Gasteiger partial charge in [0.25, 0.3) is 0 Å². The van der Waals surface area contributed by atoms with Gasteiger partial charge >= 0.3 is 0 Å². The quantitative estimate of drug-likeness (QED) is 0.839. The molecule has 0 saturated heterocycles. The summed E-state index contributed by atoms with van der Waals surface area (Å²) in [5.41, 5.74) is 1.27. The maximum absolute atomic E-state index is 10.5. The first-order chi connectivity index (χ1) is 9.83. The number of benzene rings is 1. The second-order valence-corrected chi connectivity index (χ2v) is 8.13. The molecular weight excluding hydrogens is 328 g/mol. The third-order valence-electron chi connectivity index (χ3n) is 4.97. The van der Waals surface area contributed by atoms with Crippen molar-refractivity contribution in [2.45, 2.75) is 52.6 Å². The Labute approximate surface area is 137 Å². The van der Waals surface area contributed by atoms with Crippen LogP contribution >= 0.6 is 15.9 Å². The van der Waals surface area contributed by atoms with Crippen LogP contribution in [0.25, 0.3) is 0 Å². The molecule has 0 spiro atoms. The molecule has 0 heterocycles. The van der Waals surface area contributed by atoms with Crippen molar-refractivity contribution in [3.63, 3.8) is 0 Å². The van der Waals surface area contributed by atoms with Gasteiger partial charge in [0, 0.05) is 4.47 Å². The molecule has 21 heavy (non-hydrogen) atoms. The number of ether oxygens (including phenoxy) is 1. The van der Waals surface area contributed by atoms with Crippen LogP contribution in [0.3, 0.4) is 0 Å². The van der Waals surface area contributed by atoms with Crippen LogP contribution in [0.1, 0.15) is 45.6 Å². The predicted molar refractivity (Wildman–Crippen MR) is 90.7 cm³/mol. The van der Waals surface area contributed by atoms with Crippen molar-refractivity contribution < 1.29 is 9.84 Å². The van der Waals surface area contributed by atoms with Crippen molar-refractivity contribution in [3.8, 4) is 5.75 Å². The van der Waals surface area contributed by atoms with Gasteiger partial charge in [-0.15, -0.1) is 0 Å². The van der Waals surface area contributed by atoms with E-state index in [4.69, 9.17) is 4.74 Å². The van der Waals surface area contributed by atoms with Gasteiger partial charge in [0.2, 0.25) is 0 Å². The molecule has 1 aliphatic rings. The Hall–Kier alpha value is -0.540. The summed E-state index contributed by atoms with van der Waals surface area (Å²) < 4.78 is 6.57. The maximum Gasteiger partial charge on any atom is 0.122 e. The molecule has 118 valence electrons. The van der Waals surface area contributed by atoms with E-state index in [-0.39, 0.29) is 11.5 Å². The molecule has 0 aliphatic heterocycles. The fourth-order valence-electron chi connectivity index (χ4n) is 3.77. The SMILES string of the molecule is COc1ccc(Br)cc1CC(C)(C)C1CCC(C)CC1O. The average molecular weight is 355 g/mol. The Morgan fingerprint density at radius 2 is 2.05 bits per heavy atom. The van der Waals surface area contributed by atoms with Gasteiger partial charge in [0.1, 0.15) is 5.75 Å². The number of hydrogen-bond donors (Lipinski definition) is 1. The summed E-state index contributed by atoms with van der Waals surface area (Å²) in [4.78, 5) is 0. The monoisotopic (exact) mass is 354 g/mol. The van der Waals surface area contributed by atoms with Crippen molar-refractivity contribution in [1.82, 2.24) is 0 Å². The highest BCUT2D eigenvalue weighted by Crippen LogP contribution is 2.43. The lowest BCUT2D eigenvalue weighted by Crippen LogP contribution is -2.39. The topological polar surface area (TPSA) is 29.5 Å². The maximum atomic E-state index is 10.5. The van der Waals surface area contributed by atoms with Crippen molar-refractivity contribution >= 4 is 15.9 Å². The Morgan fingerprint density at radius 1 is 1.33 bits per heavy atom. The first-order valence-electron chi connectivity index (χ1n) is 7.84. The van der Waals surface area contributed by atoms with E-state index >= 15 is 0 Å². The highest BCUT2D eigenvalue weighted by Gasteiger charge is 2.38. The normalized spacial score (nSPS) is 26.7. The van der Waals surface area contributed by atoms with Crippen LogP contribution in [-0.4, -0.2) is 18.3 Å². The second kappa shape index (κ2) is 6.70. The summed E-state index contributed by atoms with van der Waals surface area (Å²) >= 11 is 3.54.